The zero-order valence-corrected chi connectivity index (χ0v) is 20.6. The highest BCUT2D eigenvalue weighted by atomic mass is 35.5. The number of benzene rings is 1. The molecule has 0 fully saturated rings. The number of halogens is 2. The number of carboxylic acid groups (broad SMARTS) is 2. The lowest BCUT2D eigenvalue weighted by atomic mass is 10.1. The van der Waals surface area contributed by atoms with Crippen molar-refractivity contribution in [2.45, 2.75) is 11.8 Å². The van der Waals surface area contributed by atoms with Crippen LogP contribution in [0.5, 0.6) is 0 Å². The third-order valence-electron chi connectivity index (χ3n) is 4.67. The Morgan fingerprint density at radius 2 is 1.83 bits per heavy atom. The Kier molecular flexibility index (Phi) is 10.1. The van der Waals surface area contributed by atoms with E-state index < -0.39 is 33.0 Å². The lowest BCUT2D eigenvalue weighted by molar-refractivity contribution is -0.134. The van der Waals surface area contributed by atoms with Gasteiger partial charge in [0.25, 0.3) is 0 Å². The minimum absolute atomic E-state index is 0.0840. The van der Waals surface area contributed by atoms with Crippen molar-refractivity contribution in [3.63, 3.8) is 0 Å². The molecule has 2 heterocycles. The summed E-state index contributed by atoms with van der Waals surface area (Å²) in [5.41, 5.74) is 1.19. The number of aliphatic carboxylic acids is 2. The Morgan fingerprint density at radius 3 is 2.33 bits per heavy atom. The fourth-order valence-corrected chi connectivity index (χ4v) is 5.20. The third-order valence-corrected chi connectivity index (χ3v) is 7.03. The quantitative estimate of drug-likeness (QED) is 0.277. The number of aromatic nitrogens is 2. The molecule has 36 heavy (non-hydrogen) atoms. The molecule has 1 aromatic carbocycles. The van der Waals surface area contributed by atoms with Crippen LogP contribution in [0.25, 0.3) is 11.3 Å². The minimum atomic E-state index is -4.04. The molecule has 0 spiro atoms. The first-order valence-corrected chi connectivity index (χ1v) is 12.1. The number of nitrogens with zero attached hydrogens (tertiary/aromatic N) is 2. The molecule has 190 valence electrons. The summed E-state index contributed by atoms with van der Waals surface area (Å²) in [7, 11) is -2.32. The van der Waals surface area contributed by atoms with Crippen LogP contribution in [0.1, 0.15) is 16.4 Å². The largest absolute Gasteiger partial charge is 0.478 e. The van der Waals surface area contributed by atoms with Crippen LogP contribution in [-0.4, -0.2) is 46.6 Å². The van der Waals surface area contributed by atoms with Gasteiger partial charge in [0.1, 0.15) is 11.1 Å². The van der Waals surface area contributed by atoms with Gasteiger partial charge in [-0.1, -0.05) is 35.9 Å². The Labute approximate surface area is 212 Å². The molecular formula is C24H23ClFN3O6S. The number of hydrogen-bond donors (Lipinski definition) is 3. The average Bonchev–Trinajstić information content (AvgIpc) is 3.16. The first kappa shape index (κ1) is 28.4. The van der Waals surface area contributed by atoms with E-state index in [9.17, 15) is 22.4 Å². The van der Waals surface area contributed by atoms with E-state index in [1.54, 1.807) is 31.4 Å². The van der Waals surface area contributed by atoms with Gasteiger partial charge in [-0.15, -0.1) is 6.58 Å². The van der Waals surface area contributed by atoms with Crippen molar-refractivity contribution in [1.82, 2.24) is 14.3 Å². The number of carboxylic acids is 2. The second-order valence-corrected chi connectivity index (χ2v) is 9.43. The first-order valence-electron chi connectivity index (χ1n) is 10.2. The highest BCUT2D eigenvalue weighted by Crippen LogP contribution is 2.38. The summed E-state index contributed by atoms with van der Waals surface area (Å²) in [4.78, 5) is 23.1. The predicted octanol–water partition coefficient (Wildman–Crippen LogP) is 3.88. The van der Waals surface area contributed by atoms with E-state index in [-0.39, 0.29) is 16.3 Å². The van der Waals surface area contributed by atoms with Crippen molar-refractivity contribution in [2.75, 3.05) is 7.05 Å². The lowest BCUT2D eigenvalue weighted by Crippen LogP contribution is -2.20. The summed E-state index contributed by atoms with van der Waals surface area (Å²) < 4.78 is 42.6. The van der Waals surface area contributed by atoms with Gasteiger partial charge in [-0.3, -0.25) is 4.98 Å². The summed E-state index contributed by atoms with van der Waals surface area (Å²) >= 11 is 6.48. The van der Waals surface area contributed by atoms with Crippen molar-refractivity contribution < 1.29 is 32.6 Å². The molecule has 3 aromatic rings. The van der Waals surface area contributed by atoms with Gasteiger partial charge < -0.3 is 15.5 Å². The summed E-state index contributed by atoms with van der Waals surface area (Å²) in [5, 5.41) is 17.7. The molecule has 3 N–H and O–H groups in total. The molecule has 0 bridgehead atoms. The molecule has 0 aliphatic carbocycles. The van der Waals surface area contributed by atoms with Crippen LogP contribution < -0.4 is 5.32 Å². The molecule has 0 aliphatic heterocycles. The smallest absolute Gasteiger partial charge is 0.328 e. The summed E-state index contributed by atoms with van der Waals surface area (Å²) in [6.07, 6.45) is 6.88. The van der Waals surface area contributed by atoms with Crippen LogP contribution in [0.3, 0.4) is 0 Å². The van der Waals surface area contributed by atoms with E-state index in [1.165, 1.54) is 36.7 Å². The van der Waals surface area contributed by atoms with Gasteiger partial charge in [-0.05, 0) is 30.8 Å². The monoisotopic (exact) mass is 535 g/mol. The van der Waals surface area contributed by atoms with Crippen LogP contribution in [-0.2, 0) is 26.2 Å². The second-order valence-electron chi connectivity index (χ2n) is 7.12. The van der Waals surface area contributed by atoms with Gasteiger partial charge in [0.05, 0.1) is 10.7 Å². The van der Waals surface area contributed by atoms with Crippen molar-refractivity contribution >= 4 is 33.6 Å². The van der Waals surface area contributed by atoms with Gasteiger partial charge in [0, 0.05) is 48.4 Å². The lowest BCUT2D eigenvalue weighted by Gasteiger charge is -2.18. The van der Waals surface area contributed by atoms with Gasteiger partial charge in [-0.25, -0.2) is 26.4 Å². The van der Waals surface area contributed by atoms with Gasteiger partial charge >= 0.3 is 11.9 Å². The molecule has 1 unspecified atom stereocenters. The molecule has 1 atom stereocenters. The molecule has 3 rings (SSSR count). The first-order chi connectivity index (χ1) is 17.0. The van der Waals surface area contributed by atoms with Crippen molar-refractivity contribution in [3.05, 3.63) is 102 Å². The zero-order valence-electron chi connectivity index (χ0n) is 19.0. The minimum Gasteiger partial charge on any atom is -0.478 e. The van der Waals surface area contributed by atoms with Crippen LogP contribution in [0.4, 0.5) is 4.39 Å². The molecule has 0 aliphatic rings. The van der Waals surface area contributed by atoms with E-state index >= 15 is 0 Å². The molecule has 0 saturated heterocycles. The van der Waals surface area contributed by atoms with Crippen molar-refractivity contribution in [2.24, 2.45) is 0 Å². The Morgan fingerprint density at radius 1 is 1.19 bits per heavy atom. The highest BCUT2D eigenvalue weighted by molar-refractivity contribution is 7.90. The number of nitrogens with one attached hydrogen (secondary N) is 1. The van der Waals surface area contributed by atoms with Crippen LogP contribution in [0, 0.1) is 5.82 Å². The molecule has 9 nitrogen and oxygen atoms in total. The summed E-state index contributed by atoms with van der Waals surface area (Å²) in [6.45, 7) is 4.00. The van der Waals surface area contributed by atoms with Gasteiger partial charge in [-0.2, -0.15) is 0 Å². The maximum Gasteiger partial charge on any atom is 0.328 e. The fourth-order valence-electron chi connectivity index (χ4n) is 3.16. The number of hydrogen-bond acceptors (Lipinski definition) is 6. The zero-order chi connectivity index (χ0) is 26.9. The summed E-state index contributed by atoms with van der Waals surface area (Å²) in [6, 6.07) is 9.22. The Hall–Kier alpha value is -3.80. The fraction of sp³-hybridized carbons (Fsp3) is 0.125. The average molecular weight is 536 g/mol. The van der Waals surface area contributed by atoms with Gasteiger partial charge in [0.2, 0.25) is 10.0 Å². The molecule has 0 radical (unpaired) electrons. The maximum atomic E-state index is 14.5. The number of pyridine rings is 1. The van der Waals surface area contributed by atoms with Crippen LogP contribution in [0.15, 0.2) is 79.8 Å². The Bertz CT molecular complexity index is 1360. The third kappa shape index (κ3) is 6.87. The van der Waals surface area contributed by atoms with Crippen molar-refractivity contribution in [3.8, 4) is 11.3 Å². The van der Waals surface area contributed by atoms with E-state index in [4.69, 9.17) is 21.8 Å². The normalized spacial score (nSPS) is 12.0. The molecule has 12 heteroatoms. The van der Waals surface area contributed by atoms with E-state index in [2.05, 4.69) is 16.9 Å². The van der Waals surface area contributed by atoms with Gasteiger partial charge in [0.15, 0.2) is 0 Å². The second kappa shape index (κ2) is 12.8. The highest BCUT2D eigenvalue weighted by Gasteiger charge is 2.31. The Balaban J connectivity index is 0.000000493. The standard InChI is InChI=1S/C20H19ClFN3O2S.C4H4O4/c1-3-18(14-7-6-10-24-12-14)28(26,27)25-13-15(11-23-2)19(21)20(25)16-8-4-5-9-17(16)22;5-3(6)1-2-4(7)8/h3-10,12-13,18,23H,1,11H2,2H3;1-2H,(H,5,6)(H,7,8)/b;2-1+. The predicted molar refractivity (Wildman–Crippen MR) is 134 cm³/mol. The number of carbonyl (C=O) groups is 2. The van der Waals surface area contributed by atoms with E-state index in [0.29, 0.717) is 29.8 Å². The maximum absolute atomic E-state index is 14.5. The van der Waals surface area contributed by atoms with Crippen LogP contribution >= 0.6 is 11.6 Å². The van der Waals surface area contributed by atoms with Crippen molar-refractivity contribution in [1.29, 1.82) is 0 Å². The van der Waals surface area contributed by atoms with E-state index in [0.717, 1.165) is 3.97 Å². The topological polar surface area (TPSA) is 139 Å². The van der Waals surface area contributed by atoms with E-state index in [1.807, 2.05) is 0 Å². The number of rotatable bonds is 9. The SMILES string of the molecule is C=CC(c1cccnc1)S(=O)(=O)n1cc(CNC)c(Cl)c1-c1ccccc1F.O=C(O)/C=C/C(=O)O. The van der Waals surface area contributed by atoms with Crippen LogP contribution in [0.2, 0.25) is 5.02 Å². The molecule has 0 amide bonds. The molecule has 2 aromatic heterocycles. The molecule has 0 saturated carbocycles. The summed E-state index contributed by atoms with van der Waals surface area (Å²) in [5.74, 6) is -3.08. The molecular weight excluding hydrogens is 513 g/mol.